The van der Waals surface area contributed by atoms with Gasteiger partial charge in [-0.25, -0.2) is 4.79 Å². The summed E-state index contributed by atoms with van der Waals surface area (Å²) in [6, 6.07) is 4.74. The van der Waals surface area contributed by atoms with Gasteiger partial charge in [-0.1, -0.05) is 0 Å². The molecule has 0 fully saturated rings. The van der Waals surface area contributed by atoms with Crippen LogP contribution in [0.3, 0.4) is 0 Å². The Morgan fingerprint density at radius 3 is 2.79 bits per heavy atom. The number of nitrogens with zero attached hydrogens (tertiary/aromatic N) is 1. The maximum atomic E-state index is 11.6. The Balaban J connectivity index is 2.54. The molecule has 6 nitrogen and oxygen atoms in total. The first-order chi connectivity index (χ1) is 9.06. The third kappa shape index (κ3) is 2.50. The van der Waals surface area contributed by atoms with Gasteiger partial charge in [-0.05, 0) is 19.1 Å². The van der Waals surface area contributed by atoms with E-state index in [0.29, 0.717) is 22.6 Å². The van der Waals surface area contributed by atoms with E-state index >= 15 is 0 Å². The van der Waals surface area contributed by atoms with Gasteiger partial charge in [-0.2, -0.15) is 0 Å². The number of carbonyl (C=O) groups is 1. The summed E-state index contributed by atoms with van der Waals surface area (Å²) in [5.41, 5.74) is 0.415. The van der Waals surface area contributed by atoms with E-state index in [1.807, 2.05) is 0 Å². The van der Waals surface area contributed by atoms with E-state index in [0.717, 1.165) is 4.70 Å². The molecule has 1 aromatic carbocycles. The minimum absolute atomic E-state index is 0.0109. The SMILES string of the molecule is CCOC(=O)c1cc2cc([N+](=O)[O-])c(NC)cc2s1. The number of hydrogen-bond acceptors (Lipinski definition) is 6. The Bertz CT molecular complexity index is 650. The first kappa shape index (κ1) is 13.3. The van der Waals surface area contributed by atoms with Gasteiger partial charge in [0, 0.05) is 23.2 Å². The number of anilines is 1. The summed E-state index contributed by atoms with van der Waals surface area (Å²) in [6.45, 7) is 2.03. The second-order valence-electron chi connectivity index (χ2n) is 3.75. The zero-order valence-electron chi connectivity index (χ0n) is 10.4. The van der Waals surface area contributed by atoms with Crippen LogP contribution in [0.4, 0.5) is 11.4 Å². The normalized spacial score (nSPS) is 10.4. The van der Waals surface area contributed by atoms with E-state index < -0.39 is 10.9 Å². The summed E-state index contributed by atoms with van der Waals surface area (Å²) >= 11 is 1.26. The Kier molecular flexibility index (Phi) is 3.66. The molecule has 0 amide bonds. The summed E-state index contributed by atoms with van der Waals surface area (Å²) < 4.78 is 5.72. The molecule has 0 radical (unpaired) electrons. The monoisotopic (exact) mass is 280 g/mol. The molecule has 1 aromatic heterocycles. The smallest absolute Gasteiger partial charge is 0.348 e. The minimum atomic E-state index is -0.451. The van der Waals surface area contributed by atoms with Gasteiger partial charge in [0.05, 0.1) is 11.5 Å². The van der Waals surface area contributed by atoms with Crippen molar-refractivity contribution < 1.29 is 14.5 Å². The zero-order chi connectivity index (χ0) is 14.0. The number of ether oxygens (including phenoxy) is 1. The summed E-state index contributed by atoms with van der Waals surface area (Å²) in [5, 5.41) is 14.4. The third-order valence-corrected chi connectivity index (χ3v) is 3.66. The number of thiophene rings is 1. The highest BCUT2D eigenvalue weighted by molar-refractivity contribution is 7.20. The lowest BCUT2D eigenvalue weighted by Crippen LogP contribution is -2.01. The molecule has 19 heavy (non-hydrogen) atoms. The average molecular weight is 280 g/mol. The molecular formula is C12H12N2O4S. The van der Waals surface area contributed by atoms with Crippen LogP contribution in [0.1, 0.15) is 16.6 Å². The van der Waals surface area contributed by atoms with Gasteiger partial charge in [0.2, 0.25) is 0 Å². The fourth-order valence-corrected chi connectivity index (χ4v) is 2.71. The van der Waals surface area contributed by atoms with Crippen LogP contribution in [0.15, 0.2) is 18.2 Å². The molecule has 0 saturated heterocycles. The van der Waals surface area contributed by atoms with Crippen LogP contribution < -0.4 is 5.32 Å². The second kappa shape index (κ2) is 5.23. The van der Waals surface area contributed by atoms with E-state index in [1.165, 1.54) is 17.4 Å². The van der Waals surface area contributed by atoms with Crippen molar-refractivity contribution in [1.29, 1.82) is 0 Å². The molecule has 1 heterocycles. The Morgan fingerprint density at radius 2 is 2.21 bits per heavy atom. The molecule has 0 atom stereocenters. The van der Waals surface area contributed by atoms with E-state index in [9.17, 15) is 14.9 Å². The minimum Gasteiger partial charge on any atom is -0.462 e. The molecule has 0 unspecified atom stereocenters. The molecule has 1 N–H and O–H groups in total. The first-order valence-corrected chi connectivity index (χ1v) is 6.45. The first-order valence-electron chi connectivity index (χ1n) is 5.63. The number of fused-ring (bicyclic) bond motifs is 1. The van der Waals surface area contributed by atoms with Crippen LogP contribution in [0.25, 0.3) is 10.1 Å². The zero-order valence-corrected chi connectivity index (χ0v) is 11.2. The van der Waals surface area contributed by atoms with Crippen LogP contribution in [-0.2, 0) is 4.74 Å². The topological polar surface area (TPSA) is 81.5 Å². The lowest BCUT2D eigenvalue weighted by Gasteiger charge is -2.01. The van der Waals surface area contributed by atoms with Crippen LogP contribution in [0.5, 0.6) is 0 Å². The number of carbonyl (C=O) groups excluding carboxylic acids is 1. The fourth-order valence-electron chi connectivity index (χ4n) is 1.73. The van der Waals surface area contributed by atoms with Crippen molar-refractivity contribution in [3.05, 3.63) is 33.2 Å². The van der Waals surface area contributed by atoms with Gasteiger partial charge < -0.3 is 10.1 Å². The molecule has 7 heteroatoms. The van der Waals surface area contributed by atoms with Crippen LogP contribution in [0.2, 0.25) is 0 Å². The lowest BCUT2D eigenvalue weighted by molar-refractivity contribution is -0.383. The number of rotatable bonds is 4. The number of hydrogen-bond donors (Lipinski definition) is 1. The van der Waals surface area contributed by atoms with Crippen molar-refractivity contribution in [2.45, 2.75) is 6.92 Å². The quantitative estimate of drug-likeness (QED) is 0.529. The second-order valence-corrected chi connectivity index (χ2v) is 4.83. The van der Waals surface area contributed by atoms with Crippen molar-refractivity contribution in [2.24, 2.45) is 0 Å². The maximum absolute atomic E-state index is 11.6. The number of nitro groups is 1. The van der Waals surface area contributed by atoms with Gasteiger partial charge in [0.15, 0.2) is 0 Å². The summed E-state index contributed by atoms with van der Waals surface area (Å²) in [5.74, 6) is -0.405. The molecule has 2 aromatic rings. The Hall–Kier alpha value is -2.15. The average Bonchev–Trinajstić information content (AvgIpc) is 2.80. The molecule has 0 spiro atoms. The van der Waals surface area contributed by atoms with Crippen LogP contribution in [0, 0.1) is 10.1 Å². The van der Waals surface area contributed by atoms with E-state index in [-0.39, 0.29) is 5.69 Å². The molecule has 0 bridgehead atoms. The Morgan fingerprint density at radius 1 is 1.47 bits per heavy atom. The lowest BCUT2D eigenvalue weighted by atomic mass is 10.2. The molecule has 0 aliphatic heterocycles. The molecule has 2 rings (SSSR count). The highest BCUT2D eigenvalue weighted by Crippen LogP contribution is 2.34. The summed E-state index contributed by atoms with van der Waals surface area (Å²) in [6.07, 6.45) is 0. The van der Waals surface area contributed by atoms with E-state index in [4.69, 9.17) is 4.74 Å². The molecular weight excluding hydrogens is 268 g/mol. The van der Waals surface area contributed by atoms with Crippen molar-refractivity contribution in [2.75, 3.05) is 19.0 Å². The van der Waals surface area contributed by atoms with Crippen LogP contribution >= 0.6 is 11.3 Å². The standard InChI is InChI=1S/C12H12N2O4S/c1-3-18-12(15)11-5-7-4-9(14(16)17)8(13-2)6-10(7)19-11/h4-6,13H,3H2,1-2H3. The van der Waals surface area contributed by atoms with Crippen LogP contribution in [-0.4, -0.2) is 24.5 Å². The predicted octanol–water partition coefficient (Wildman–Crippen LogP) is 3.03. The van der Waals surface area contributed by atoms with Crippen molar-refractivity contribution in [3.63, 3.8) is 0 Å². The maximum Gasteiger partial charge on any atom is 0.348 e. The largest absolute Gasteiger partial charge is 0.462 e. The number of benzene rings is 1. The highest BCUT2D eigenvalue weighted by atomic mass is 32.1. The number of nitro benzene ring substituents is 1. The highest BCUT2D eigenvalue weighted by Gasteiger charge is 2.18. The van der Waals surface area contributed by atoms with Gasteiger partial charge in [-0.3, -0.25) is 10.1 Å². The third-order valence-electron chi connectivity index (χ3n) is 2.58. The van der Waals surface area contributed by atoms with Crippen molar-refractivity contribution >= 4 is 38.8 Å². The summed E-state index contributed by atoms with van der Waals surface area (Å²) in [7, 11) is 1.62. The molecule has 0 saturated carbocycles. The predicted molar refractivity (Wildman–Crippen MR) is 74.0 cm³/mol. The van der Waals surface area contributed by atoms with E-state index in [1.54, 1.807) is 26.1 Å². The van der Waals surface area contributed by atoms with Gasteiger partial charge in [-0.15, -0.1) is 11.3 Å². The molecule has 0 aliphatic carbocycles. The van der Waals surface area contributed by atoms with E-state index in [2.05, 4.69) is 5.32 Å². The molecule has 0 aliphatic rings. The molecule has 100 valence electrons. The number of esters is 1. The fraction of sp³-hybridized carbons (Fsp3) is 0.250. The van der Waals surface area contributed by atoms with Crippen molar-refractivity contribution in [3.8, 4) is 0 Å². The number of nitrogens with one attached hydrogen (secondary N) is 1. The Labute approximate surface area is 113 Å². The summed E-state index contributed by atoms with van der Waals surface area (Å²) in [4.78, 5) is 22.6. The van der Waals surface area contributed by atoms with Crippen molar-refractivity contribution in [1.82, 2.24) is 0 Å². The van der Waals surface area contributed by atoms with Gasteiger partial charge in [0.25, 0.3) is 5.69 Å². The van der Waals surface area contributed by atoms with Gasteiger partial charge >= 0.3 is 5.97 Å². The van der Waals surface area contributed by atoms with Gasteiger partial charge in [0.1, 0.15) is 10.6 Å².